The van der Waals surface area contributed by atoms with Gasteiger partial charge in [-0.25, -0.2) is 24.9 Å². The first-order valence-electron chi connectivity index (χ1n) is 18.4. The number of hydrogen-bond acceptors (Lipinski definition) is 7. The van der Waals surface area contributed by atoms with Gasteiger partial charge in [0.15, 0.2) is 23.3 Å². The molecule has 0 aliphatic carbocycles. The normalized spacial score (nSPS) is 11.6. The Bertz CT molecular complexity index is 3170. The zero-order valence-corrected chi connectivity index (χ0v) is 31.4. The van der Waals surface area contributed by atoms with Crippen molar-refractivity contribution >= 4 is 63.1 Å². The average molecular weight is 752 g/mol. The van der Waals surface area contributed by atoms with Crippen molar-refractivity contribution in [3.05, 3.63) is 176 Å². The molecule has 0 atom stereocenters. The first-order valence-corrected chi connectivity index (χ1v) is 20.0. The SMILES string of the molecule is c1ccc(-c2nc(-c3ccccc3)nc(-c3ccc4c(c3)sc3ccc(-c5ccc(-c6nc(-c7ccccc7)nc7c6sc6ccccc67)cc5)cc34)n2)cc1. The molecular formula is C49H29N5S2. The van der Waals surface area contributed by atoms with Gasteiger partial charge in [0.2, 0.25) is 0 Å². The van der Waals surface area contributed by atoms with E-state index < -0.39 is 0 Å². The summed E-state index contributed by atoms with van der Waals surface area (Å²) in [4.78, 5) is 25.0. The molecule has 7 aromatic carbocycles. The molecule has 0 fully saturated rings. The molecule has 262 valence electrons. The fourth-order valence-electron chi connectivity index (χ4n) is 7.36. The fraction of sp³-hybridized carbons (Fsp3) is 0. The maximum atomic E-state index is 5.16. The van der Waals surface area contributed by atoms with Gasteiger partial charge in [0.1, 0.15) is 0 Å². The Labute approximate surface area is 330 Å². The van der Waals surface area contributed by atoms with Crippen LogP contribution in [0, 0.1) is 0 Å². The standard InChI is InChI=1S/C49H29N5S2/c1-4-12-32(13-5-1)46-50-43(45-44(51-46)38-18-10-11-19-40(38)56-45)31-22-20-30(21-23-31)35-25-27-41-39(28-35)37-26-24-36(29-42(37)55-41)49-53-47(33-14-6-2-7-15-33)52-48(54-49)34-16-8-3-9-17-34/h1-29H. The number of benzene rings is 7. The van der Waals surface area contributed by atoms with E-state index in [0.717, 1.165) is 60.5 Å². The van der Waals surface area contributed by atoms with Gasteiger partial charge in [-0.3, -0.25) is 0 Å². The van der Waals surface area contributed by atoms with Crippen LogP contribution in [0.4, 0.5) is 0 Å². The molecule has 0 amide bonds. The Kier molecular flexibility index (Phi) is 7.79. The maximum Gasteiger partial charge on any atom is 0.164 e. The Hall–Kier alpha value is -6.93. The second kappa shape index (κ2) is 13.4. The molecule has 0 unspecified atom stereocenters. The van der Waals surface area contributed by atoms with Crippen molar-refractivity contribution in [3.63, 3.8) is 0 Å². The third-order valence-electron chi connectivity index (χ3n) is 10.2. The van der Waals surface area contributed by atoms with Crippen LogP contribution in [0.15, 0.2) is 176 Å². The van der Waals surface area contributed by atoms with Crippen molar-refractivity contribution in [1.29, 1.82) is 0 Å². The third-order valence-corrected chi connectivity index (χ3v) is 12.5. The molecule has 0 spiro atoms. The van der Waals surface area contributed by atoms with Crippen molar-refractivity contribution < 1.29 is 0 Å². The zero-order chi connectivity index (χ0) is 37.0. The van der Waals surface area contributed by atoms with Crippen LogP contribution in [0.25, 0.3) is 108 Å². The highest BCUT2D eigenvalue weighted by Crippen LogP contribution is 2.41. The minimum atomic E-state index is 0.658. The lowest BCUT2D eigenvalue weighted by molar-refractivity contribution is 1.07. The van der Waals surface area contributed by atoms with Crippen LogP contribution in [0.2, 0.25) is 0 Å². The minimum Gasteiger partial charge on any atom is -0.226 e. The molecule has 5 nitrogen and oxygen atoms in total. The Morgan fingerprint density at radius 1 is 0.286 bits per heavy atom. The van der Waals surface area contributed by atoms with E-state index in [9.17, 15) is 0 Å². The summed E-state index contributed by atoms with van der Waals surface area (Å²) in [6.07, 6.45) is 0. The minimum absolute atomic E-state index is 0.658. The molecule has 0 aliphatic heterocycles. The van der Waals surface area contributed by atoms with Gasteiger partial charge in [0.25, 0.3) is 0 Å². The lowest BCUT2D eigenvalue weighted by atomic mass is 10.00. The van der Waals surface area contributed by atoms with E-state index in [1.807, 2.05) is 78.9 Å². The predicted octanol–water partition coefficient (Wildman–Crippen LogP) is 13.4. The van der Waals surface area contributed by atoms with E-state index in [2.05, 4.69) is 97.1 Å². The molecule has 0 N–H and O–H groups in total. The van der Waals surface area contributed by atoms with Crippen LogP contribution in [0.5, 0.6) is 0 Å². The molecule has 0 radical (unpaired) electrons. The molecule has 56 heavy (non-hydrogen) atoms. The maximum absolute atomic E-state index is 5.16. The largest absolute Gasteiger partial charge is 0.226 e. The van der Waals surface area contributed by atoms with Crippen LogP contribution in [-0.2, 0) is 0 Å². The molecule has 7 heteroatoms. The lowest BCUT2D eigenvalue weighted by Gasteiger charge is -2.09. The van der Waals surface area contributed by atoms with Crippen molar-refractivity contribution in [2.75, 3.05) is 0 Å². The first-order chi connectivity index (χ1) is 27.7. The summed E-state index contributed by atoms with van der Waals surface area (Å²) in [5, 5.41) is 3.61. The summed E-state index contributed by atoms with van der Waals surface area (Å²) in [6, 6.07) is 61.1. The summed E-state index contributed by atoms with van der Waals surface area (Å²) in [7, 11) is 0. The van der Waals surface area contributed by atoms with Gasteiger partial charge in [0, 0.05) is 58.1 Å². The molecule has 0 saturated carbocycles. The van der Waals surface area contributed by atoms with Crippen molar-refractivity contribution in [2.45, 2.75) is 0 Å². The Morgan fingerprint density at radius 3 is 1.46 bits per heavy atom. The third kappa shape index (κ3) is 5.73. The molecule has 0 bridgehead atoms. The van der Waals surface area contributed by atoms with Gasteiger partial charge in [-0.1, -0.05) is 152 Å². The predicted molar refractivity (Wildman–Crippen MR) is 234 cm³/mol. The van der Waals surface area contributed by atoms with Gasteiger partial charge in [0.05, 0.1) is 15.9 Å². The summed E-state index contributed by atoms with van der Waals surface area (Å²) < 4.78 is 4.75. The molecule has 0 saturated heterocycles. The second-order valence-electron chi connectivity index (χ2n) is 13.7. The van der Waals surface area contributed by atoms with Gasteiger partial charge < -0.3 is 0 Å². The van der Waals surface area contributed by atoms with Crippen LogP contribution in [-0.4, -0.2) is 24.9 Å². The highest BCUT2D eigenvalue weighted by molar-refractivity contribution is 7.26. The molecule has 11 aromatic rings. The molecule has 11 rings (SSSR count). The summed E-state index contributed by atoms with van der Waals surface area (Å²) in [6.45, 7) is 0. The monoisotopic (exact) mass is 751 g/mol. The van der Waals surface area contributed by atoms with Crippen molar-refractivity contribution in [1.82, 2.24) is 24.9 Å². The average Bonchev–Trinajstić information content (AvgIpc) is 3.84. The number of fused-ring (bicyclic) bond motifs is 6. The van der Waals surface area contributed by atoms with Gasteiger partial charge in [-0.05, 0) is 35.4 Å². The smallest absolute Gasteiger partial charge is 0.164 e. The van der Waals surface area contributed by atoms with Gasteiger partial charge in [-0.2, -0.15) is 0 Å². The van der Waals surface area contributed by atoms with Crippen molar-refractivity contribution in [2.24, 2.45) is 0 Å². The van der Waals surface area contributed by atoms with E-state index in [1.165, 1.54) is 30.4 Å². The molecular weight excluding hydrogens is 723 g/mol. The summed E-state index contributed by atoms with van der Waals surface area (Å²) in [5.74, 6) is 2.71. The Morgan fingerprint density at radius 2 is 0.804 bits per heavy atom. The number of rotatable bonds is 6. The van der Waals surface area contributed by atoms with Crippen molar-refractivity contribution in [3.8, 4) is 67.9 Å². The van der Waals surface area contributed by atoms with Gasteiger partial charge in [-0.15, -0.1) is 22.7 Å². The van der Waals surface area contributed by atoms with Crippen LogP contribution in [0.1, 0.15) is 0 Å². The molecule has 0 aliphatic rings. The second-order valence-corrected chi connectivity index (χ2v) is 15.8. The zero-order valence-electron chi connectivity index (χ0n) is 29.8. The van der Waals surface area contributed by atoms with Gasteiger partial charge >= 0.3 is 0 Å². The van der Waals surface area contributed by atoms with E-state index >= 15 is 0 Å². The number of aromatic nitrogens is 5. The van der Waals surface area contributed by atoms with E-state index in [1.54, 1.807) is 22.7 Å². The quantitative estimate of drug-likeness (QED) is 0.169. The lowest BCUT2D eigenvalue weighted by Crippen LogP contribution is -1.99. The summed E-state index contributed by atoms with van der Waals surface area (Å²) in [5.41, 5.74) is 9.25. The van der Waals surface area contributed by atoms with E-state index in [0.29, 0.717) is 17.5 Å². The van der Waals surface area contributed by atoms with Crippen LogP contribution < -0.4 is 0 Å². The van der Waals surface area contributed by atoms with E-state index in [4.69, 9.17) is 24.9 Å². The van der Waals surface area contributed by atoms with E-state index in [-0.39, 0.29) is 0 Å². The highest BCUT2D eigenvalue weighted by atomic mass is 32.1. The summed E-state index contributed by atoms with van der Waals surface area (Å²) >= 11 is 3.55. The molecule has 4 heterocycles. The van der Waals surface area contributed by atoms with Crippen LogP contribution >= 0.6 is 22.7 Å². The number of thiophene rings is 2. The first kappa shape index (κ1) is 32.5. The van der Waals surface area contributed by atoms with Crippen LogP contribution in [0.3, 0.4) is 0 Å². The number of nitrogens with zero attached hydrogens (tertiary/aromatic N) is 5. The molecule has 4 aromatic heterocycles. The fourth-order valence-corrected chi connectivity index (χ4v) is 9.64. The topological polar surface area (TPSA) is 64.5 Å². The highest BCUT2D eigenvalue weighted by Gasteiger charge is 2.18. The number of hydrogen-bond donors (Lipinski definition) is 0. The Balaban J connectivity index is 0.965.